The molecule has 1 heterocycles. The highest BCUT2D eigenvalue weighted by Gasteiger charge is 2.52. The summed E-state index contributed by atoms with van der Waals surface area (Å²) in [4.78, 5) is 37.1. The van der Waals surface area contributed by atoms with Crippen LogP contribution in [0.2, 0.25) is 0 Å². The fourth-order valence-electron chi connectivity index (χ4n) is 3.29. The van der Waals surface area contributed by atoms with Crippen LogP contribution in [-0.2, 0) is 9.59 Å². The van der Waals surface area contributed by atoms with E-state index in [4.69, 9.17) is 4.74 Å². The summed E-state index contributed by atoms with van der Waals surface area (Å²) in [6, 6.07) is 6.71. The Kier molecular flexibility index (Phi) is 4.65. The molecule has 1 aromatic rings. The Morgan fingerprint density at radius 1 is 1.20 bits per heavy atom. The van der Waals surface area contributed by atoms with Gasteiger partial charge in [0.15, 0.2) is 6.10 Å². The minimum atomic E-state index is -0.857. The van der Waals surface area contributed by atoms with E-state index in [9.17, 15) is 14.4 Å². The summed E-state index contributed by atoms with van der Waals surface area (Å²) >= 11 is 0. The van der Waals surface area contributed by atoms with Crippen molar-refractivity contribution in [2.45, 2.75) is 57.6 Å². The summed E-state index contributed by atoms with van der Waals surface area (Å²) in [7, 11) is 0. The lowest BCUT2D eigenvalue weighted by molar-refractivity contribution is -0.142. The number of hydrogen-bond acceptors (Lipinski definition) is 4. The number of rotatable bonds is 4. The largest absolute Gasteiger partial charge is 0.481 e. The molecule has 0 bridgehead atoms. The molecule has 2 aliphatic rings. The first-order valence-corrected chi connectivity index (χ1v) is 8.62. The number of hydrogen-bond donors (Lipinski definition) is 2. The van der Waals surface area contributed by atoms with Crippen LogP contribution in [0.1, 0.15) is 44.6 Å². The zero-order valence-electron chi connectivity index (χ0n) is 14.5. The third kappa shape index (κ3) is 3.45. The van der Waals surface area contributed by atoms with E-state index < -0.39 is 23.6 Å². The lowest BCUT2D eigenvalue weighted by atomic mass is 9.82. The maximum atomic E-state index is 12.6. The summed E-state index contributed by atoms with van der Waals surface area (Å²) in [5.74, 6) is -0.376. The number of amides is 4. The van der Waals surface area contributed by atoms with Crippen LogP contribution < -0.4 is 15.5 Å². The number of benzene rings is 1. The van der Waals surface area contributed by atoms with E-state index >= 15 is 0 Å². The predicted octanol–water partition coefficient (Wildman–Crippen LogP) is 2.05. The number of imide groups is 1. The van der Waals surface area contributed by atoms with E-state index in [1.165, 1.54) is 0 Å². The first kappa shape index (κ1) is 17.3. The normalized spacial score (nSPS) is 20.3. The van der Waals surface area contributed by atoms with Crippen LogP contribution in [0.15, 0.2) is 24.3 Å². The molecule has 2 N–H and O–H groups in total. The van der Waals surface area contributed by atoms with E-state index in [0.29, 0.717) is 18.6 Å². The lowest BCUT2D eigenvalue weighted by Crippen LogP contribution is -2.53. The van der Waals surface area contributed by atoms with Gasteiger partial charge >= 0.3 is 6.03 Å². The molecule has 0 unspecified atom stereocenters. The third-order valence-corrected chi connectivity index (χ3v) is 4.79. The van der Waals surface area contributed by atoms with Crippen molar-refractivity contribution in [1.82, 2.24) is 15.8 Å². The van der Waals surface area contributed by atoms with E-state index in [2.05, 4.69) is 10.7 Å². The molecule has 134 valence electrons. The SMILES string of the molecule is Cc1ccc(O[C@H](C)C(=O)NN2C(=O)NC3(CCCCC3)C2=O)cc1. The predicted molar refractivity (Wildman–Crippen MR) is 90.6 cm³/mol. The fourth-order valence-corrected chi connectivity index (χ4v) is 3.29. The topological polar surface area (TPSA) is 87.7 Å². The number of nitrogens with zero attached hydrogens (tertiary/aromatic N) is 1. The van der Waals surface area contributed by atoms with Crippen LogP contribution in [-0.4, -0.2) is 34.5 Å². The molecule has 1 aliphatic heterocycles. The second-order valence-corrected chi connectivity index (χ2v) is 6.76. The summed E-state index contributed by atoms with van der Waals surface area (Å²) in [6.07, 6.45) is 3.21. The van der Waals surface area contributed by atoms with Gasteiger partial charge in [0.1, 0.15) is 11.3 Å². The molecule has 2 fully saturated rings. The monoisotopic (exact) mass is 345 g/mol. The van der Waals surface area contributed by atoms with Gasteiger partial charge in [-0.1, -0.05) is 37.0 Å². The second-order valence-electron chi connectivity index (χ2n) is 6.76. The Balaban J connectivity index is 1.62. The van der Waals surface area contributed by atoms with Gasteiger partial charge in [-0.25, -0.2) is 4.79 Å². The lowest BCUT2D eigenvalue weighted by Gasteiger charge is -2.30. The number of urea groups is 1. The van der Waals surface area contributed by atoms with Gasteiger partial charge in [-0.05, 0) is 38.8 Å². The van der Waals surface area contributed by atoms with Crippen molar-refractivity contribution in [3.8, 4) is 5.75 Å². The average Bonchev–Trinajstić information content (AvgIpc) is 2.81. The maximum absolute atomic E-state index is 12.6. The van der Waals surface area contributed by atoms with Crippen molar-refractivity contribution in [3.63, 3.8) is 0 Å². The Bertz CT molecular complexity index is 680. The van der Waals surface area contributed by atoms with Crippen molar-refractivity contribution in [1.29, 1.82) is 0 Å². The molecule has 7 heteroatoms. The number of aryl methyl sites for hydroxylation is 1. The Morgan fingerprint density at radius 2 is 1.84 bits per heavy atom. The van der Waals surface area contributed by atoms with Gasteiger partial charge < -0.3 is 10.1 Å². The molecule has 1 spiro atoms. The van der Waals surface area contributed by atoms with Crippen LogP contribution in [0.3, 0.4) is 0 Å². The maximum Gasteiger partial charge on any atom is 0.344 e. The summed E-state index contributed by atoms with van der Waals surface area (Å²) in [5, 5.41) is 3.55. The fraction of sp³-hybridized carbons (Fsp3) is 0.500. The van der Waals surface area contributed by atoms with E-state index in [1.54, 1.807) is 19.1 Å². The van der Waals surface area contributed by atoms with Crippen molar-refractivity contribution >= 4 is 17.8 Å². The van der Waals surface area contributed by atoms with Gasteiger partial charge in [-0.3, -0.25) is 15.0 Å². The number of nitrogens with one attached hydrogen (secondary N) is 2. The number of ether oxygens (including phenoxy) is 1. The molecular weight excluding hydrogens is 322 g/mol. The highest BCUT2D eigenvalue weighted by atomic mass is 16.5. The summed E-state index contributed by atoms with van der Waals surface area (Å²) in [5.41, 5.74) is 2.62. The van der Waals surface area contributed by atoms with Crippen molar-refractivity contribution in [2.75, 3.05) is 0 Å². The molecule has 1 aliphatic carbocycles. The molecular formula is C18H23N3O4. The molecule has 0 radical (unpaired) electrons. The van der Waals surface area contributed by atoms with Gasteiger partial charge in [0.2, 0.25) is 0 Å². The number of hydrazine groups is 1. The van der Waals surface area contributed by atoms with Crippen LogP contribution >= 0.6 is 0 Å². The molecule has 1 saturated heterocycles. The second kappa shape index (κ2) is 6.74. The zero-order chi connectivity index (χ0) is 18.0. The first-order valence-electron chi connectivity index (χ1n) is 8.62. The van der Waals surface area contributed by atoms with Gasteiger partial charge in [0.05, 0.1) is 0 Å². The zero-order valence-corrected chi connectivity index (χ0v) is 14.5. The molecule has 7 nitrogen and oxygen atoms in total. The van der Waals surface area contributed by atoms with Crippen LogP contribution in [0.4, 0.5) is 4.79 Å². The number of carbonyl (C=O) groups is 3. The van der Waals surface area contributed by atoms with Crippen LogP contribution in [0.5, 0.6) is 5.75 Å². The average molecular weight is 345 g/mol. The molecule has 4 amide bonds. The van der Waals surface area contributed by atoms with Crippen LogP contribution in [0, 0.1) is 6.92 Å². The number of carbonyl (C=O) groups excluding carboxylic acids is 3. The Labute approximate surface area is 146 Å². The highest BCUT2D eigenvalue weighted by Crippen LogP contribution is 2.33. The van der Waals surface area contributed by atoms with Crippen molar-refractivity contribution in [2.24, 2.45) is 0 Å². The first-order chi connectivity index (χ1) is 11.9. The molecule has 25 heavy (non-hydrogen) atoms. The third-order valence-electron chi connectivity index (χ3n) is 4.79. The smallest absolute Gasteiger partial charge is 0.344 e. The van der Waals surface area contributed by atoms with E-state index in [1.807, 2.05) is 19.1 Å². The van der Waals surface area contributed by atoms with Gasteiger partial charge in [-0.2, -0.15) is 5.01 Å². The van der Waals surface area contributed by atoms with E-state index in [0.717, 1.165) is 29.8 Å². The Hall–Kier alpha value is -2.57. The molecule has 1 atom stereocenters. The minimum Gasteiger partial charge on any atom is -0.481 e. The van der Waals surface area contributed by atoms with Crippen LogP contribution in [0.25, 0.3) is 0 Å². The molecule has 0 aromatic heterocycles. The quantitative estimate of drug-likeness (QED) is 0.818. The molecule has 1 aromatic carbocycles. The highest BCUT2D eigenvalue weighted by molar-refractivity contribution is 6.08. The van der Waals surface area contributed by atoms with Crippen molar-refractivity contribution in [3.05, 3.63) is 29.8 Å². The summed E-state index contributed by atoms with van der Waals surface area (Å²) < 4.78 is 5.57. The minimum absolute atomic E-state index is 0.381. The standard InChI is InChI=1S/C18H23N3O4/c1-12-6-8-14(9-7-12)25-13(2)15(22)20-21-16(23)18(19-17(21)24)10-4-3-5-11-18/h6-9,13H,3-5,10-11H2,1-2H3,(H,19,24)(H,20,22)/t13-/m1/s1. The molecule has 1 saturated carbocycles. The molecule has 3 rings (SSSR count). The van der Waals surface area contributed by atoms with Crippen molar-refractivity contribution < 1.29 is 19.1 Å². The Morgan fingerprint density at radius 3 is 2.48 bits per heavy atom. The van der Waals surface area contributed by atoms with E-state index in [-0.39, 0.29) is 5.91 Å². The van der Waals surface area contributed by atoms with Gasteiger partial charge in [0.25, 0.3) is 11.8 Å². The summed E-state index contributed by atoms with van der Waals surface area (Å²) in [6.45, 7) is 3.53. The van der Waals surface area contributed by atoms with Gasteiger partial charge in [-0.15, -0.1) is 0 Å². The van der Waals surface area contributed by atoms with Gasteiger partial charge in [0, 0.05) is 0 Å².